The van der Waals surface area contributed by atoms with Crippen molar-refractivity contribution in [3.63, 3.8) is 0 Å². The lowest BCUT2D eigenvalue weighted by Gasteiger charge is -2.07. The standard InChI is InChI=1S/C13H15NO2/c1-4-5-8-14-10-11-6-7-12(15-2)13(9-11)16-3/h6-7,9-10H,8H2,1-3H3/b14-10+. The van der Waals surface area contributed by atoms with Gasteiger partial charge >= 0.3 is 0 Å². The van der Waals surface area contributed by atoms with Gasteiger partial charge in [-0.15, -0.1) is 5.92 Å². The molecule has 0 saturated heterocycles. The molecule has 3 heteroatoms. The summed E-state index contributed by atoms with van der Waals surface area (Å²) in [4.78, 5) is 4.17. The molecule has 0 fully saturated rings. The zero-order valence-corrected chi connectivity index (χ0v) is 9.78. The highest BCUT2D eigenvalue weighted by atomic mass is 16.5. The van der Waals surface area contributed by atoms with Gasteiger partial charge in [-0.3, -0.25) is 4.99 Å². The lowest BCUT2D eigenvalue weighted by molar-refractivity contribution is 0.355. The van der Waals surface area contributed by atoms with E-state index in [-0.39, 0.29) is 0 Å². The lowest BCUT2D eigenvalue weighted by atomic mass is 10.2. The smallest absolute Gasteiger partial charge is 0.161 e. The Hall–Kier alpha value is -1.95. The molecule has 0 N–H and O–H groups in total. The zero-order chi connectivity index (χ0) is 11.8. The van der Waals surface area contributed by atoms with E-state index in [1.807, 2.05) is 18.2 Å². The molecule has 0 aromatic heterocycles. The summed E-state index contributed by atoms with van der Waals surface area (Å²) in [5.74, 6) is 7.07. The first kappa shape index (κ1) is 12.1. The summed E-state index contributed by atoms with van der Waals surface area (Å²) in [5.41, 5.74) is 0.968. The van der Waals surface area contributed by atoms with E-state index in [0.29, 0.717) is 18.0 Å². The lowest BCUT2D eigenvalue weighted by Crippen LogP contribution is -1.92. The van der Waals surface area contributed by atoms with Crippen LogP contribution in [-0.2, 0) is 0 Å². The molecule has 0 bridgehead atoms. The van der Waals surface area contributed by atoms with Gasteiger partial charge in [0.2, 0.25) is 0 Å². The van der Waals surface area contributed by atoms with Gasteiger partial charge in [0.05, 0.1) is 20.8 Å². The van der Waals surface area contributed by atoms with E-state index in [1.54, 1.807) is 27.4 Å². The molecule has 1 aromatic rings. The maximum absolute atomic E-state index is 5.19. The molecule has 0 saturated carbocycles. The summed E-state index contributed by atoms with van der Waals surface area (Å²) in [7, 11) is 3.23. The number of rotatable bonds is 4. The van der Waals surface area contributed by atoms with E-state index in [4.69, 9.17) is 9.47 Å². The maximum Gasteiger partial charge on any atom is 0.161 e. The Bertz CT molecular complexity index is 427. The van der Waals surface area contributed by atoms with Crippen LogP contribution in [0.1, 0.15) is 12.5 Å². The van der Waals surface area contributed by atoms with Crippen molar-refractivity contribution in [2.24, 2.45) is 4.99 Å². The quantitative estimate of drug-likeness (QED) is 0.571. The number of methoxy groups -OCH3 is 2. The molecule has 0 radical (unpaired) electrons. The fourth-order valence-corrected chi connectivity index (χ4v) is 1.21. The predicted molar refractivity (Wildman–Crippen MR) is 65.5 cm³/mol. The highest BCUT2D eigenvalue weighted by molar-refractivity contribution is 5.81. The highest BCUT2D eigenvalue weighted by Gasteiger charge is 2.02. The van der Waals surface area contributed by atoms with Gasteiger partial charge in [0.1, 0.15) is 0 Å². The minimum Gasteiger partial charge on any atom is -0.493 e. The summed E-state index contributed by atoms with van der Waals surface area (Å²) < 4.78 is 10.3. The number of aliphatic imine (C=N–C) groups is 1. The molecule has 0 amide bonds. The van der Waals surface area contributed by atoms with E-state index in [9.17, 15) is 0 Å². The number of benzene rings is 1. The zero-order valence-electron chi connectivity index (χ0n) is 9.78. The molecular formula is C13H15NO2. The second-order valence-corrected chi connectivity index (χ2v) is 3.01. The maximum atomic E-state index is 5.19. The van der Waals surface area contributed by atoms with Gasteiger partial charge < -0.3 is 9.47 Å². The summed E-state index contributed by atoms with van der Waals surface area (Å²) in [6.07, 6.45) is 1.77. The van der Waals surface area contributed by atoms with Crippen molar-refractivity contribution in [3.05, 3.63) is 23.8 Å². The molecule has 84 valence electrons. The molecule has 0 aliphatic heterocycles. The van der Waals surface area contributed by atoms with Crippen LogP contribution in [0.4, 0.5) is 0 Å². The van der Waals surface area contributed by atoms with Crippen molar-refractivity contribution in [1.82, 2.24) is 0 Å². The number of ether oxygens (including phenoxy) is 2. The second-order valence-electron chi connectivity index (χ2n) is 3.01. The van der Waals surface area contributed by atoms with E-state index < -0.39 is 0 Å². The highest BCUT2D eigenvalue weighted by Crippen LogP contribution is 2.26. The molecule has 0 unspecified atom stereocenters. The molecule has 0 atom stereocenters. The number of hydrogen-bond donors (Lipinski definition) is 0. The molecule has 1 rings (SSSR count). The van der Waals surface area contributed by atoms with Gasteiger partial charge in [-0.2, -0.15) is 0 Å². The molecule has 0 aliphatic rings. The van der Waals surface area contributed by atoms with Crippen LogP contribution in [0.15, 0.2) is 23.2 Å². The van der Waals surface area contributed by atoms with E-state index in [2.05, 4.69) is 16.8 Å². The van der Waals surface area contributed by atoms with Crippen LogP contribution in [0.5, 0.6) is 11.5 Å². The first-order valence-electron chi connectivity index (χ1n) is 4.93. The van der Waals surface area contributed by atoms with Gasteiger partial charge in [-0.1, -0.05) is 5.92 Å². The minimum absolute atomic E-state index is 0.519. The summed E-state index contributed by atoms with van der Waals surface area (Å²) in [6.45, 7) is 2.32. The Morgan fingerprint density at radius 1 is 1.25 bits per heavy atom. The minimum atomic E-state index is 0.519. The van der Waals surface area contributed by atoms with Crippen LogP contribution >= 0.6 is 0 Å². The molecule has 3 nitrogen and oxygen atoms in total. The van der Waals surface area contributed by atoms with Crippen LogP contribution in [0.3, 0.4) is 0 Å². The van der Waals surface area contributed by atoms with E-state index in [0.717, 1.165) is 5.56 Å². The van der Waals surface area contributed by atoms with Crippen molar-refractivity contribution in [3.8, 4) is 23.3 Å². The van der Waals surface area contributed by atoms with Crippen LogP contribution in [0.25, 0.3) is 0 Å². The summed E-state index contributed by atoms with van der Waals surface area (Å²) in [6, 6.07) is 5.65. The fourth-order valence-electron chi connectivity index (χ4n) is 1.21. The van der Waals surface area contributed by atoms with Gasteiger partial charge in [-0.25, -0.2) is 0 Å². The molecule has 0 spiro atoms. The first-order chi connectivity index (χ1) is 7.81. The SMILES string of the molecule is CC#CC/N=C/c1ccc(OC)c(OC)c1. The first-order valence-corrected chi connectivity index (χ1v) is 4.93. The third-order valence-corrected chi connectivity index (χ3v) is 2.00. The Morgan fingerprint density at radius 2 is 2.00 bits per heavy atom. The van der Waals surface area contributed by atoms with Crippen molar-refractivity contribution in [2.75, 3.05) is 20.8 Å². The topological polar surface area (TPSA) is 30.8 Å². The normalized spacial score (nSPS) is 9.69. The average Bonchev–Trinajstić information content (AvgIpc) is 2.34. The third-order valence-electron chi connectivity index (χ3n) is 2.00. The van der Waals surface area contributed by atoms with Gasteiger partial charge in [0, 0.05) is 6.21 Å². The third kappa shape index (κ3) is 3.32. The van der Waals surface area contributed by atoms with Crippen molar-refractivity contribution < 1.29 is 9.47 Å². The van der Waals surface area contributed by atoms with Crippen LogP contribution in [0, 0.1) is 11.8 Å². The fraction of sp³-hybridized carbons (Fsp3) is 0.308. The van der Waals surface area contributed by atoms with Crippen molar-refractivity contribution in [1.29, 1.82) is 0 Å². The number of nitrogens with zero attached hydrogens (tertiary/aromatic N) is 1. The molecule has 1 aromatic carbocycles. The monoisotopic (exact) mass is 217 g/mol. The summed E-state index contributed by atoms with van der Waals surface area (Å²) >= 11 is 0. The van der Waals surface area contributed by atoms with Crippen LogP contribution < -0.4 is 9.47 Å². The summed E-state index contributed by atoms with van der Waals surface area (Å²) in [5, 5.41) is 0. The molecule has 0 aliphatic carbocycles. The predicted octanol–water partition coefficient (Wildman–Crippen LogP) is 2.15. The van der Waals surface area contributed by atoms with E-state index in [1.165, 1.54) is 0 Å². The second kappa shape index (κ2) is 6.52. The van der Waals surface area contributed by atoms with Gasteiger partial charge in [0.25, 0.3) is 0 Å². The number of hydrogen-bond acceptors (Lipinski definition) is 3. The van der Waals surface area contributed by atoms with Crippen LogP contribution in [0.2, 0.25) is 0 Å². The van der Waals surface area contributed by atoms with Crippen LogP contribution in [-0.4, -0.2) is 27.0 Å². The molecular weight excluding hydrogens is 202 g/mol. The van der Waals surface area contributed by atoms with Gasteiger partial charge in [0.15, 0.2) is 11.5 Å². The molecule has 16 heavy (non-hydrogen) atoms. The van der Waals surface area contributed by atoms with Gasteiger partial charge in [-0.05, 0) is 30.7 Å². The van der Waals surface area contributed by atoms with Crippen molar-refractivity contribution in [2.45, 2.75) is 6.92 Å². The van der Waals surface area contributed by atoms with Crippen molar-refractivity contribution >= 4 is 6.21 Å². The Morgan fingerprint density at radius 3 is 2.62 bits per heavy atom. The Labute approximate surface area is 96.1 Å². The van der Waals surface area contributed by atoms with E-state index >= 15 is 0 Å². The largest absolute Gasteiger partial charge is 0.493 e. The average molecular weight is 217 g/mol. The molecule has 0 heterocycles. The Balaban J connectivity index is 2.81. The Kier molecular flexibility index (Phi) is 4.94.